The highest BCUT2D eigenvalue weighted by Gasteiger charge is 2.26. The van der Waals surface area contributed by atoms with Crippen LogP contribution >= 0.6 is 0 Å². The molecule has 0 fully saturated rings. The number of anilines is 2. The van der Waals surface area contributed by atoms with Crippen molar-refractivity contribution in [3.63, 3.8) is 0 Å². The molecule has 1 unspecified atom stereocenters. The molecule has 8 nitrogen and oxygen atoms in total. The fourth-order valence-corrected chi connectivity index (χ4v) is 5.08. The summed E-state index contributed by atoms with van der Waals surface area (Å²) >= 11 is 0. The number of aryl methyl sites for hydroxylation is 1. The summed E-state index contributed by atoms with van der Waals surface area (Å²) in [4.78, 5) is 26.9. The molecule has 4 N–H and O–H groups in total. The maximum atomic E-state index is 13.7. The summed E-state index contributed by atoms with van der Waals surface area (Å²) in [6, 6.07) is 23.3. The first-order valence-electron chi connectivity index (χ1n) is 12.2. The zero-order chi connectivity index (χ0) is 26.4. The molecular weight excluding hydrogens is 482 g/mol. The quantitative estimate of drug-likeness (QED) is 0.215. The number of fused-ring (bicyclic) bond motifs is 3. The van der Waals surface area contributed by atoms with Gasteiger partial charge in [0.05, 0.1) is 11.6 Å². The van der Waals surface area contributed by atoms with Gasteiger partial charge in [0.15, 0.2) is 17.3 Å². The third-order valence-corrected chi connectivity index (χ3v) is 7.01. The summed E-state index contributed by atoms with van der Waals surface area (Å²) in [5.41, 5.74) is 8.18. The average Bonchev–Trinajstić information content (AvgIpc) is 3.40. The summed E-state index contributed by atoms with van der Waals surface area (Å²) in [6.07, 6.45) is -0.107. The SMILES string of the molecule is Cn1c(=O)c(C(=O)CC(Nc2cccc3cccc(N)c23)c2ccc3c(c2)OCO3)c(O)c2ccccc21. The van der Waals surface area contributed by atoms with Crippen LogP contribution in [0.3, 0.4) is 0 Å². The summed E-state index contributed by atoms with van der Waals surface area (Å²) < 4.78 is 12.4. The second kappa shape index (κ2) is 9.15. The second-order valence-corrected chi connectivity index (χ2v) is 9.29. The van der Waals surface area contributed by atoms with Crippen LogP contribution in [0.2, 0.25) is 0 Å². The van der Waals surface area contributed by atoms with Gasteiger partial charge in [0.1, 0.15) is 11.3 Å². The minimum atomic E-state index is -0.571. The van der Waals surface area contributed by atoms with Crippen LogP contribution in [-0.2, 0) is 7.05 Å². The van der Waals surface area contributed by atoms with E-state index in [9.17, 15) is 14.7 Å². The molecule has 4 aromatic carbocycles. The molecule has 1 aromatic heterocycles. The van der Waals surface area contributed by atoms with Crippen molar-refractivity contribution in [1.29, 1.82) is 0 Å². The smallest absolute Gasteiger partial charge is 0.265 e. The number of hydrogen-bond acceptors (Lipinski definition) is 7. The Morgan fingerprint density at radius 2 is 1.79 bits per heavy atom. The lowest BCUT2D eigenvalue weighted by Gasteiger charge is -2.22. The lowest BCUT2D eigenvalue weighted by atomic mass is 9.95. The fraction of sp³-hybridized carbons (Fsp3) is 0.133. The van der Waals surface area contributed by atoms with E-state index in [0.717, 1.165) is 22.0 Å². The molecular formula is C30H25N3O5. The minimum Gasteiger partial charge on any atom is -0.506 e. The molecule has 38 heavy (non-hydrogen) atoms. The average molecular weight is 508 g/mol. The van der Waals surface area contributed by atoms with E-state index >= 15 is 0 Å². The standard InChI is InChI=1S/C30H25N3O5/c1-33-23-11-3-2-8-19(23)29(35)28(30(33)36)24(34)15-22(18-12-13-25-26(14-18)38-16-37-25)32-21-10-5-7-17-6-4-9-20(31)27(17)21/h2-14,22,32,35H,15-16,31H2,1H3. The Bertz CT molecular complexity index is 1790. The Kier molecular flexibility index (Phi) is 5.64. The molecule has 0 bridgehead atoms. The van der Waals surface area contributed by atoms with E-state index in [0.29, 0.717) is 28.1 Å². The van der Waals surface area contributed by atoms with Crippen LogP contribution in [-0.4, -0.2) is 22.2 Å². The van der Waals surface area contributed by atoms with Crippen molar-refractivity contribution in [3.8, 4) is 17.2 Å². The maximum absolute atomic E-state index is 13.7. The molecule has 1 aliphatic heterocycles. The normalized spacial score (nSPS) is 13.1. The molecule has 1 atom stereocenters. The van der Waals surface area contributed by atoms with E-state index in [4.69, 9.17) is 15.2 Å². The number of rotatable bonds is 6. The van der Waals surface area contributed by atoms with Crippen molar-refractivity contribution in [2.24, 2.45) is 7.05 Å². The predicted octanol–water partition coefficient (Wildman–Crippen LogP) is 5.13. The number of aromatic hydroxyl groups is 1. The number of Topliss-reactive ketones (excluding diaryl/α,β-unsaturated/α-hetero) is 1. The number of pyridine rings is 1. The highest BCUT2D eigenvalue weighted by molar-refractivity contribution is 6.05. The molecule has 190 valence electrons. The van der Waals surface area contributed by atoms with Crippen LogP contribution in [0.1, 0.15) is 28.4 Å². The molecule has 6 rings (SSSR count). The molecule has 0 saturated carbocycles. The van der Waals surface area contributed by atoms with Crippen LogP contribution < -0.4 is 26.1 Å². The Labute approximate surface area is 217 Å². The van der Waals surface area contributed by atoms with Gasteiger partial charge in [0, 0.05) is 35.6 Å². The molecule has 0 spiro atoms. The van der Waals surface area contributed by atoms with Gasteiger partial charge in [-0.05, 0) is 47.3 Å². The summed E-state index contributed by atoms with van der Waals surface area (Å²) in [5.74, 6) is 0.391. The number of nitrogens with zero attached hydrogens (tertiary/aromatic N) is 1. The third kappa shape index (κ3) is 3.87. The zero-order valence-electron chi connectivity index (χ0n) is 20.6. The fourth-order valence-electron chi connectivity index (χ4n) is 5.08. The Morgan fingerprint density at radius 3 is 2.63 bits per heavy atom. The van der Waals surface area contributed by atoms with E-state index in [1.165, 1.54) is 4.57 Å². The number of nitrogens with two attached hydrogens (primary N) is 1. The number of ketones is 1. The van der Waals surface area contributed by atoms with E-state index in [1.54, 1.807) is 37.4 Å². The van der Waals surface area contributed by atoms with E-state index in [1.807, 2.05) is 48.5 Å². The van der Waals surface area contributed by atoms with Crippen LogP contribution in [0.15, 0.2) is 83.7 Å². The number of nitrogens with one attached hydrogen (secondary N) is 1. The number of benzene rings is 4. The highest BCUT2D eigenvalue weighted by atomic mass is 16.7. The van der Waals surface area contributed by atoms with E-state index in [2.05, 4.69) is 5.32 Å². The van der Waals surface area contributed by atoms with E-state index in [-0.39, 0.29) is 24.5 Å². The first-order valence-corrected chi connectivity index (χ1v) is 12.2. The van der Waals surface area contributed by atoms with Gasteiger partial charge in [0.2, 0.25) is 6.79 Å². The monoisotopic (exact) mass is 507 g/mol. The lowest BCUT2D eigenvalue weighted by Crippen LogP contribution is -2.26. The predicted molar refractivity (Wildman–Crippen MR) is 147 cm³/mol. The van der Waals surface area contributed by atoms with Gasteiger partial charge in [-0.2, -0.15) is 0 Å². The molecule has 2 heterocycles. The number of carbonyl (C=O) groups excluding carboxylic acids is 1. The van der Waals surface area contributed by atoms with Gasteiger partial charge < -0.3 is 30.2 Å². The summed E-state index contributed by atoms with van der Waals surface area (Å²) in [5, 5.41) is 16.7. The second-order valence-electron chi connectivity index (χ2n) is 9.29. The molecule has 1 aliphatic rings. The number of nitrogen functional groups attached to an aromatic ring is 1. The van der Waals surface area contributed by atoms with Gasteiger partial charge >= 0.3 is 0 Å². The van der Waals surface area contributed by atoms with Gasteiger partial charge in [-0.1, -0.05) is 42.5 Å². The topological polar surface area (TPSA) is 116 Å². The Balaban J connectivity index is 1.45. The lowest BCUT2D eigenvalue weighted by molar-refractivity contribution is 0.0972. The Morgan fingerprint density at radius 1 is 1.03 bits per heavy atom. The largest absolute Gasteiger partial charge is 0.506 e. The van der Waals surface area contributed by atoms with Gasteiger partial charge in [-0.25, -0.2) is 0 Å². The first-order chi connectivity index (χ1) is 18.4. The highest BCUT2D eigenvalue weighted by Crippen LogP contribution is 2.38. The number of aromatic nitrogens is 1. The van der Waals surface area contributed by atoms with Crippen molar-refractivity contribution in [3.05, 3.63) is 100 Å². The summed E-state index contributed by atoms with van der Waals surface area (Å²) in [6.45, 7) is 0.122. The van der Waals surface area contributed by atoms with E-state index < -0.39 is 17.4 Å². The number of ether oxygens (including phenoxy) is 2. The van der Waals surface area contributed by atoms with Crippen molar-refractivity contribution in [2.75, 3.05) is 17.8 Å². The van der Waals surface area contributed by atoms with Crippen molar-refractivity contribution >= 4 is 38.8 Å². The van der Waals surface area contributed by atoms with Crippen molar-refractivity contribution < 1.29 is 19.4 Å². The molecule has 8 heteroatoms. The van der Waals surface area contributed by atoms with Crippen LogP contribution in [0.5, 0.6) is 17.2 Å². The minimum absolute atomic E-state index is 0.107. The van der Waals surface area contributed by atoms with Gasteiger partial charge in [0.25, 0.3) is 5.56 Å². The summed E-state index contributed by atoms with van der Waals surface area (Å²) in [7, 11) is 1.59. The van der Waals surface area contributed by atoms with Crippen molar-refractivity contribution in [1.82, 2.24) is 4.57 Å². The van der Waals surface area contributed by atoms with Crippen LogP contribution in [0.25, 0.3) is 21.7 Å². The van der Waals surface area contributed by atoms with Crippen molar-refractivity contribution in [2.45, 2.75) is 12.5 Å². The molecule has 5 aromatic rings. The third-order valence-electron chi connectivity index (χ3n) is 7.01. The van der Waals surface area contributed by atoms with Crippen LogP contribution in [0, 0.1) is 0 Å². The molecule has 0 saturated heterocycles. The first kappa shape index (κ1) is 23.4. The maximum Gasteiger partial charge on any atom is 0.265 e. The van der Waals surface area contributed by atoms with Crippen LogP contribution in [0.4, 0.5) is 11.4 Å². The number of para-hydroxylation sites is 1. The molecule has 0 aliphatic carbocycles. The molecule has 0 radical (unpaired) electrons. The van der Waals surface area contributed by atoms with Gasteiger partial charge in [-0.3, -0.25) is 9.59 Å². The number of hydrogen-bond donors (Lipinski definition) is 3. The molecule has 0 amide bonds. The van der Waals surface area contributed by atoms with Gasteiger partial charge in [-0.15, -0.1) is 0 Å². The Hall–Kier alpha value is -4.98. The number of carbonyl (C=O) groups is 1. The zero-order valence-corrected chi connectivity index (χ0v) is 20.6.